The minimum atomic E-state index is -0.413. The number of amides is 2. The fourth-order valence-corrected chi connectivity index (χ4v) is 2.60. The summed E-state index contributed by atoms with van der Waals surface area (Å²) in [7, 11) is 0. The fraction of sp³-hybridized carbons (Fsp3) is 0. The molecule has 3 N–H and O–H groups in total. The Morgan fingerprint density at radius 3 is 2.70 bits per heavy atom. The highest BCUT2D eigenvalue weighted by Gasteiger charge is 2.26. The highest BCUT2D eigenvalue weighted by atomic mass is 16.2. The number of aromatic amines is 1. The van der Waals surface area contributed by atoms with Gasteiger partial charge in [-0.1, -0.05) is 18.2 Å². The van der Waals surface area contributed by atoms with E-state index in [9.17, 15) is 9.59 Å². The maximum absolute atomic E-state index is 12.1. The molecule has 4 rings (SSSR count). The number of hydrogen-bond donors (Lipinski definition) is 3. The first-order valence-corrected chi connectivity index (χ1v) is 7.07. The van der Waals surface area contributed by atoms with Crippen LogP contribution in [0.5, 0.6) is 0 Å². The van der Waals surface area contributed by atoms with Crippen LogP contribution < -0.4 is 10.6 Å². The van der Waals surface area contributed by atoms with Crippen LogP contribution in [0, 0.1) is 0 Å². The first kappa shape index (κ1) is 13.3. The van der Waals surface area contributed by atoms with E-state index in [0.29, 0.717) is 16.7 Å². The molecule has 0 spiro atoms. The third-order valence-corrected chi connectivity index (χ3v) is 3.76. The number of rotatable bonds is 2. The van der Waals surface area contributed by atoms with Crippen LogP contribution in [0.4, 0.5) is 5.69 Å². The maximum atomic E-state index is 12.1. The fourth-order valence-electron chi connectivity index (χ4n) is 2.60. The first-order chi connectivity index (χ1) is 11.2. The summed E-state index contributed by atoms with van der Waals surface area (Å²) in [6, 6.07) is 12.8. The third kappa shape index (κ3) is 2.26. The smallest absolute Gasteiger partial charge is 0.260 e. The molecule has 1 aliphatic rings. The van der Waals surface area contributed by atoms with Crippen molar-refractivity contribution >= 4 is 34.0 Å². The normalized spacial score (nSPS) is 15.6. The van der Waals surface area contributed by atoms with Crippen molar-refractivity contribution < 1.29 is 9.59 Å². The Labute approximate surface area is 131 Å². The molecule has 3 aromatic rings. The van der Waals surface area contributed by atoms with Gasteiger partial charge in [0.1, 0.15) is 0 Å². The summed E-state index contributed by atoms with van der Waals surface area (Å²) in [5, 5.41) is 13.3. The Balaban J connectivity index is 1.71. The van der Waals surface area contributed by atoms with Crippen LogP contribution in [0.1, 0.15) is 15.9 Å². The summed E-state index contributed by atoms with van der Waals surface area (Å²) in [4.78, 5) is 23.9. The monoisotopic (exact) mass is 304 g/mol. The second kappa shape index (κ2) is 5.10. The Kier molecular flexibility index (Phi) is 2.94. The van der Waals surface area contributed by atoms with E-state index in [-0.39, 0.29) is 5.91 Å². The number of anilines is 1. The van der Waals surface area contributed by atoms with E-state index in [4.69, 9.17) is 0 Å². The lowest BCUT2D eigenvalue weighted by Gasteiger charge is -2.18. The quantitative estimate of drug-likeness (QED) is 0.501. The van der Waals surface area contributed by atoms with Crippen LogP contribution in [0.15, 0.2) is 54.9 Å². The molecule has 6 nitrogen and oxygen atoms in total. The SMILES string of the molecule is O=C1NC(=O)c2ccccc2C1=CNc1ccc2cn[nH]c2c1. The van der Waals surface area contributed by atoms with Gasteiger partial charge in [-0.05, 0) is 24.3 Å². The van der Waals surface area contributed by atoms with Crippen LogP contribution >= 0.6 is 0 Å². The minimum absolute atomic E-state index is 0.373. The number of carbonyl (C=O) groups is 2. The Morgan fingerprint density at radius 2 is 1.83 bits per heavy atom. The average Bonchev–Trinajstić information content (AvgIpc) is 3.02. The Bertz CT molecular complexity index is 971. The van der Waals surface area contributed by atoms with E-state index in [0.717, 1.165) is 16.6 Å². The number of fused-ring (bicyclic) bond motifs is 2. The number of benzene rings is 2. The molecular formula is C17H12N4O2. The lowest BCUT2D eigenvalue weighted by atomic mass is 9.96. The molecule has 1 aromatic heterocycles. The zero-order chi connectivity index (χ0) is 15.8. The van der Waals surface area contributed by atoms with Gasteiger partial charge in [0.05, 0.1) is 17.3 Å². The van der Waals surface area contributed by atoms with E-state index in [1.165, 1.54) is 0 Å². The van der Waals surface area contributed by atoms with E-state index in [1.807, 2.05) is 18.2 Å². The average molecular weight is 304 g/mol. The van der Waals surface area contributed by atoms with Gasteiger partial charge >= 0.3 is 0 Å². The number of hydrogen-bond acceptors (Lipinski definition) is 4. The predicted molar refractivity (Wildman–Crippen MR) is 86.6 cm³/mol. The van der Waals surface area contributed by atoms with Crippen LogP contribution in [-0.4, -0.2) is 22.0 Å². The Hall–Kier alpha value is -3.41. The molecule has 0 radical (unpaired) electrons. The molecule has 0 unspecified atom stereocenters. The number of H-pyrrole nitrogens is 1. The summed E-state index contributed by atoms with van der Waals surface area (Å²) in [6.07, 6.45) is 3.35. The Morgan fingerprint density at radius 1 is 1.00 bits per heavy atom. The molecule has 6 heteroatoms. The number of aromatic nitrogens is 2. The molecule has 0 aliphatic carbocycles. The second-order valence-electron chi connectivity index (χ2n) is 5.20. The van der Waals surface area contributed by atoms with Gasteiger partial charge in [0.25, 0.3) is 11.8 Å². The van der Waals surface area contributed by atoms with Gasteiger partial charge in [0.15, 0.2) is 0 Å². The lowest BCUT2D eigenvalue weighted by molar-refractivity contribution is -0.114. The van der Waals surface area contributed by atoms with Crippen LogP contribution in [-0.2, 0) is 4.79 Å². The van der Waals surface area contributed by atoms with Crippen molar-refractivity contribution in [3.05, 3.63) is 66.0 Å². The van der Waals surface area contributed by atoms with Gasteiger partial charge in [-0.3, -0.25) is 20.0 Å². The molecule has 2 amide bonds. The van der Waals surface area contributed by atoms with Crippen molar-refractivity contribution in [1.82, 2.24) is 15.5 Å². The molecule has 112 valence electrons. The van der Waals surface area contributed by atoms with E-state index < -0.39 is 5.91 Å². The molecule has 0 bridgehead atoms. The molecule has 0 atom stereocenters. The summed E-state index contributed by atoms with van der Waals surface area (Å²) >= 11 is 0. The summed E-state index contributed by atoms with van der Waals surface area (Å²) in [5.41, 5.74) is 3.25. The summed E-state index contributed by atoms with van der Waals surface area (Å²) in [6.45, 7) is 0. The van der Waals surface area contributed by atoms with Crippen molar-refractivity contribution in [1.29, 1.82) is 0 Å². The van der Waals surface area contributed by atoms with Crippen LogP contribution in [0.2, 0.25) is 0 Å². The molecule has 2 aromatic carbocycles. The largest absolute Gasteiger partial charge is 0.361 e. The van der Waals surface area contributed by atoms with Crippen molar-refractivity contribution in [2.24, 2.45) is 0 Å². The van der Waals surface area contributed by atoms with Crippen molar-refractivity contribution in [3.8, 4) is 0 Å². The van der Waals surface area contributed by atoms with Gasteiger partial charge in [0.2, 0.25) is 0 Å². The van der Waals surface area contributed by atoms with Crippen molar-refractivity contribution in [2.75, 3.05) is 5.32 Å². The number of nitrogens with one attached hydrogen (secondary N) is 3. The van der Waals surface area contributed by atoms with Gasteiger partial charge in [0, 0.05) is 28.4 Å². The molecule has 2 heterocycles. The van der Waals surface area contributed by atoms with E-state index in [2.05, 4.69) is 20.8 Å². The third-order valence-electron chi connectivity index (χ3n) is 3.76. The van der Waals surface area contributed by atoms with Gasteiger partial charge in [-0.15, -0.1) is 0 Å². The van der Waals surface area contributed by atoms with E-state index >= 15 is 0 Å². The zero-order valence-electron chi connectivity index (χ0n) is 12.0. The number of carbonyl (C=O) groups excluding carboxylic acids is 2. The molecular weight excluding hydrogens is 292 g/mol. The van der Waals surface area contributed by atoms with Gasteiger partial charge < -0.3 is 5.32 Å². The van der Waals surface area contributed by atoms with Crippen molar-refractivity contribution in [3.63, 3.8) is 0 Å². The number of nitrogens with zero attached hydrogens (tertiary/aromatic N) is 1. The van der Waals surface area contributed by atoms with Crippen LogP contribution in [0.3, 0.4) is 0 Å². The van der Waals surface area contributed by atoms with Gasteiger partial charge in [-0.25, -0.2) is 0 Å². The van der Waals surface area contributed by atoms with Crippen LogP contribution in [0.25, 0.3) is 16.5 Å². The molecule has 23 heavy (non-hydrogen) atoms. The second-order valence-corrected chi connectivity index (χ2v) is 5.20. The maximum Gasteiger partial charge on any atom is 0.260 e. The molecule has 1 aliphatic heterocycles. The van der Waals surface area contributed by atoms with E-state index in [1.54, 1.807) is 36.7 Å². The highest BCUT2D eigenvalue weighted by Crippen LogP contribution is 2.24. The topological polar surface area (TPSA) is 86.9 Å². The zero-order valence-corrected chi connectivity index (χ0v) is 12.0. The summed E-state index contributed by atoms with van der Waals surface area (Å²) in [5.74, 6) is -0.787. The molecule has 0 fully saturated rings. The predicted octanol–water partition coefficient (Wildman–Crippen LogP) is 2.29. The van der Waals surface area contributed by atoms with Crippen molar-refractivity contribution in [2.45, 2.75) is 0 Å². The molecule has 0 saturated heterocycles. The minimum Gasteiger partial charge on any atom is -0.361 e. The highest BCUT2D eigenvalue weighted by molar-refractivity contribution is 6.31. The standard InChI is InChI=1S/C17H12N4O2/c22-16-13-4-2-1-3-12(13)14(17(23)20-16)9-18-11-6-5-10-8-19-21-15(10)7-11/h1-9,18H,(H,19,21)(H,20,22,23). The first-order valence-electron chi connectivity index (χ1n) is 7.07. The molecule has 0 saturated carbocycles. The summed E-state index contributed by atoms with van der Waals surface area (Å²) < 4.78 is 0. The van der Waals surface area contributed by atoms with Gasteiger partial charge in [-0.2, -0.15) is 5.10 Å². The number of imide groups is 1. The lowest BCUT2D eigenvalue weighted by Crippen LogP contribution is -2.36.